The van der Waals surface area contributed by atoms with Gasteiger partial charge in [-0.15, -0.1) is 0 Å². The molecule has 0 spiro atoms. The van der Waals surface area contributed by atoms with Crippen molar-refractivity contribution < 1.29 is 19.7 Å². The number of hydrogen-bond acceptors (Lipinski definition) is 5. The standard InChI is InChI=1S/C14H21NO4/c1-15-8-7-12(16)14(18)11-6-4-3-5-10(11)9-13(17)19-2/h3-6,12,14-16,18H,7-9H2,1-2H3. The van der Waals surface area contributed by atoms with Crippen LogP contribution in [0.2, 0.25) is 0 Å². The van der Waals surface area contributed by atoms with Crippen LogP contribution >= 0.6 is 0 Å². The first-order valence-electron chi connectivity index (χ1n) is 6.25. The number of esters is 1. The van der Waals surface area contributed by atoms with E-state index in [-0.39, 0.29) is 12.4 Å². The Morgan fingerprint density at radius 3 is 2.68 bits per heavy atom. The Morgan fingerprint density at radius 1 is 1.37 bits per heavy atom. The van der Waals surface area contributed by atoms with Gasteiger partial charge in [-0.05, 0) is 31.1 Å². The number of carbonyl (C=O) groups excluding carboxylic acids is 1. The summed E-state index contributed by atoms with van der Waals surface area (Å²) in [5.74, 6) is -0.371. The first-order valence-corrected chi connectivity index (χ1v) is 6.25. The fraction of sp³-hybridized carbons (Fsp3) is 0.500. The molecule has 106 valence electrons. The summed E-state index contributed by atoms with van der Waals surface area (Å²) in [5, 5.41) is 23.0. The number of benzene rings is 1. The van der Waals surface area contributed by atoms with Crippen molar-refractivity contribution in [3.05, 3.63) is 35.4 Å². The van der Waals surface area contributed by atoms with Gasteiger partial charge in [0.05, 0.1) is 19.6 Å². The Balaban J connectivity index is 2.83. The van der Waals surface area contributed by atoms with Crippen LogP contribution in [0.1, 0.15) is 23.7 Å². The normalized spacial score (nSPS) is 13.9. The van der Waals surface area contributed by atoms with Crippen molar-refractivity contribution in [3.8, 4) is 0 Å². The van der Waals surface area contributed by atoms with Gasteiger partial charge in [-0.1, -0.05) is 24.3 Å². The summed E-state index contributed by atoms with van der Waals surface area (Å²) < 4.78 is 4.62. The second-order valence-electron chi connectivity index (χ2n) is 4.36. The number of carbonyl (C=O) groups is 1. The van der Waals surface area contributed by atoms with Crippen LogP contribution in [-0.2, 0) is 16.0 Å². The zero-order valence-electron chi connectivity index (χ0n) is 11.3. The molecule has 2 atom stereocenters. The zero-order chi connectivity index (χ0) is 14.3. The van der Waals surface area contributed by atoms with Crippen LogP contribution < -0.4 is 5.32 Å². The highest BCUT2D eigenvalue weighted by atomic mass is 16.5. The number of aliphatic hydroxyl groups is 2. The first-order chi connectivity index (χ1) is 9.10. The number of hydrogen-bond donors (Lipinski definition) is 3. The van der Waals surface area contributed by atoms with Gasteiger partial charge in [0, 0.05) is 0 Å². The van der Waals surface area contributed by atoms with Crippen LogP contribution in [0.4, 0.5) is 0 Å². The number of nitrogens with one attached hydrogen (secondary N) is 1. The third-order valence-corrected chi connectivity index (χ3v) is 2.99. The average Bonchev–Trinajstić information content (AvgIpc) is 2.44. The molecule has 1 aromatic carbocycles. The van der Waals surface area contributed by atoms with E-state index in [2.05, 4.69) is 10.1 Å². The fourth-order valence-corrected chi connectivity index (χ4v) is 1.87. The summed E-state index contributed by atoms with van der Waals surface area (Å²) in [6, 6.07) is 7.02. The molecule has 0 bridgehead atoms. The Bertz CT molecular complexity index is 408. The molecule has 2 unspecified atom stereocenters. The molecule has 1 aromatic rings. The molecule has 0 heterocycles. The summed E-state index contributed by atoms with van der Waals surface area (Å²) in [6.45, 7) is 0.609. The van der Waals surface area contributed by atoms with Crippen LogP contribution in [-0.4, -0.2) is 43.0 Å². The van der Waals surface area contributed by atoms with Crippen LogP contribution in [0.25, 0.3) is 0 Å². The molecule has 0 radical (unpaired) electrons. The lowest BCUT2D eigenvalue weighted by molar-refractivity contribution is -0.139. The van der Waals surface area contributed by atoms with Gasteiger partial charge in [0.15, 0.2) is 0 Å². The molecule has 0 saturated heterocycles. The molecular weight excluding hydrogens is 246 g/mol. The molecule has 5 heteroatoms. The van der Waals surface area contributed by atoms with Crippen LogP contribution in [0.3, 0.4) is 0 Å². The maximum Gasteiger partial charge on any atom is 0.309 e. The summed E-state index contributed by atoms with van der Waals surface area (Å²) >= 11 is 0. The van der Waals surface area contributed by atoms with Crippen molar-refractivity contribution in [1.29, 1.82) is 0 Å². The molecule has 0 aliphatic carbocycles. The predicted octanol–water partition coefficient (Wildman–Crippen LogP) is 0.406. The molecule has 3 N–H and O–H groups in total. The molecular formula is C14H21NO4. The highest BCUT2D eigenvalue weighted by molar-refractivity contribution is 5.72. The number of rotatable bonds is 7. The van der Waals surface area contributed by atoms with E-state index in [4.69, 9.17) is 0 Å². The van der Waals surface area contributed by atoms with E-state index in [0.29, 0.717) is 24.1 Å². The maximum absolute atomic E-state index is 11.3. The van der Waals surface area contributed by atoms with E-state index in [9.17, 15) is 15.0 Å². The van der Waals surface area contributed by atoms with Crippen molar-refractivity contribution in [1.82, 2.24) is 5.32 Å². The van der Waals surface area contributed by atoms with Gasteiger partial charge >= 0.3 is 5.97 Å². The van der Waals surface area contributed by atoms with Gasteiger partial charge < -0.3 is 20.3 Å². The molecule has 0 aliphatic rings. The fourth-order valence-electron chi connectivity index (χ4n) is 1.87. The zero-order valence-corrected chi connectivity index (χ0v) is 11.3. The molecule has 19 heavy (non-hydrogen) atoms. The topological polar surface area (TPSA) is 78.8 Å². The van der Waals surface area contributed by atoms with Crippen LogP contribution in [0.5, 0.6) is 0 Å². The van der Waals surface area contributed by atoms with Crippen molar-refractivity contribution in [2.45, 2.75) is 25.0 Å². The Hall–Kier alpha value is -1.43. The smallest absolute Gasteiger partial charge is 0.309 e. The molecule has 0 fully saturated rings. The van der Waals surface area contributed by atoms with Crippen LogP contribution in [0.15, 0.2) is 24.3 Å². The van der Waals surface area contributed by atoms with E-state index in [1.54, 1.807) is 31.3 Å². The van der Waals surface area contributed by atoms with Crippen molar-refractivity contribution in [2.24, 2.45) is 0 Å². The SMILES string of the molecule is CNCCC(O)C(O)c1ccccc1CC(=O)OC. The second kappa shape index (κ2) is 7.89. The lowest BCUT2D eigenvalue weighted by Crippen LogP contribution is -2.24. The van der Waals surface area contributed by atoms with E-state index >= 15 is 0 Å². The predicted molar refractivity (Wildman–Crippen MR) is 71.7 cm³/mol. The first kappa shape index (κ1) is 15.6. The summed E-state index contributed by atoms with van der Waals surface area (Å²) in [5.41, 5.74) is 1.24. The molecule has 0 amide bonds. The number of ether oxygens (including phenoxy) is 1. The van der Waals surface area contributed by atoms with Gasteiger partial charge in [-0.3, -0.25) is 4.79 Å². The highest BCUT2D eigenvalue weighted by Crippen LogP contribution is 2.23. The minimum Gasteiger partial charge on any atom is -0.469 e. The van der Waals surface area contributed by atoms with Gasteiger partial charge in [0.2, 0.25) is 0 Å². The monoisotopic (exact) mass is 267 g/mol. The molecule has 0 saturated carbocycles. The van der Waals surface area contributed by atoms with E-state index in [1.807, 2.05) is 0 Å². The highest BCUT2D eigenvalue weighted by Gasteiger charge is 2.21. The lowest BCUT2D eigenvalue weighted by Gasteiger charge is -2.20. The van der Waals surface area contributed by atoms with Gasteiger partial charge in [-0.25, -0.2) is 0 Å². The second-order valence-corrected chi connectivity index (χ2v) is 4.36. The lowest BCUT2D eigenvalue weighted by atomic mass is 9.95. The van der Waals surface area contributed by atoms with E-state index in [0.717, 1.165) is 0 Å². The van der Waals surface area contributed by atoms with Crippen molar-refractivity contribution in [2.75, 3.05) is 20.7 Å². The van der Waals surface area contributed by atoms with Crippen molar-refractivity contribution in [3.63, 3.8) is 0 Å². The van der Waals surface area contributed by atoms with Gasteiger partial charge in [0.25, 0.3) is 0 Å². The molecule has 0 aromatic heterocycles. The summed E-state index contributed by atoms with van der Waals surface area (Å²) in [4.78, 5) is 11.3. The molecule has 1 rings (SSSR count). The molecule has 5 nitrogen and oxygen atoms in total. The summed E-state index contributed by atoms with van der Waals surface area (Å²) in [6.07, 6.45) is -1.35. The van der Waals surface area contributed by atoms with E-state index < -0.39 is 12.2 Å². The third kappa shape index (κ3) is 4.63. The Kier molecular flexibility index (Phi) is 6.49. The maximum atomic E-state index is 11.3. The quantitative estimate of drug-likeness (QED) is 0.623. The average molecular weight is 267 g/mol. The van der Waals surface area contributed by atoms with E-state index in [1.165, 1.54) is 7.11 Å². The summed E-state index contributed by atoms with van der Waals surface area (Å²) in [7, 11) is 3.10. The van der Waals surface area contributed by atoms with Crippen LogP contribution in [0, 0.1) is 0 Å². The van der Waals surface area contributed by atoms with Gasteiger partial charge in [0.1, 0.15) is 6.10 Å². The number of aliphatic hydroxyl groups excluding tert-OH is 2. The van der Waals surface area contributed by atoms with Crippen molar-refractivity contribution >= 4 is 5.97 Å². The van der Waals surface area contributed by atoms with Gasteiger partial charge in [-0.2, -0.15) is 0 Å². The minimum atomic E-state index is -1.01. The Morgan fingerprint density at radius 2 is 2.05 bits per heavy atom. The molecule has 0 aliphatic heterocycles. The minimum absolute atomic E-state index is 0.0858. The largest absolute Gasteiger partial charge is 0.469 e. The number of methoxy groups -OCH3 is 1. The third-order valence-electron chi connectivity index (χ3n) is 2.99. The Labute approximate surface area is 113 Å².